The first-order chi connectivity index (χ1) is 15.7. The molecule has 1 unspecified atom stereocenters. The summed E-state index contributed by atoms with van der Waals surface area (Å²) >= 11 is 0. The molecule has 0 radical (unpaired) electrons. The summed E-state index contributed by atoms with van der Waals surface area (Å²) in [5, 5.41) is 0. The molecule has 0 bridgehead atoms. The molecular weight excluding hydrogens is 400 g/mol. The van der Waals surface area contributed by atoms with Crippen molar-refractivity contribution >= 4 is 17.0 Å². The standard InChI is InChI=1S/C25H26N6O/c1-32-19-6-4-5-18(14-19)20-15-29-25(26)30-24(20)23-7-2-3-12-31(23)16-17-8-9-21-22(13-17)28-11-10-27-21/h4-6,8-11,13-15,23H,2-3,7,12,16H2,1H3,(H2,26,29,30). The molecule has 5 rings (SSSR count). The Balaban J connectivity index is 1.51. The summed E-state index contributed by atoms with van der Waals surface area (Å²) in [5.74, 6) is 1.11. The van der Waals surface area contributed by atoms with Gasteiger partial charge in [0.2, 0.25) is 5.95 Å². The molecule has 1 fully saturated rings. The van der Waals surface area contributed by atoms with Gasteiger partial charge in [-0.3, -0.25) is 14.9 Å². The summed E-state index contributed by atoms with van der Waals surface area (Å²) in [6.07, 6.45) is 8.65. The summed E-state index contributed by atoms with van der Waals surface area (Å²) in [5.41, 5.74) is 12.1. The highest BCUT2D eigenvalue weighted by molar-refractivity contribution is 5.74. The Morgan fingerprint density at radius 2 is 1.91 bits per heavy atom. The highest BCUT2D eigenvalue weighted by atomic mass is 16.5. The van der Waals surface area contributed by atoms with Crippen molar-refractivity contribution in [3.63, 3.8) is 0 Å². The number of nitrogen functional groups attached to an aromatic ring is 1. The van der Waals surface area contributed by atoms with E-state index in [0.29, 0.717) is 5.95 Å². The molecule has 4 aromatic rings. The van der Waals surface area contributed by atoms with Crippen LogP contribution < -0.4 is 10.5 Å². The third-order valence-corrected chi connectivity index (χ3v) is 6.07. The van der Waals surface area contributed by atoms with E-state index in [1.807, 2.05) is 30.5 Å². The molecule has 3 heterocycles. The molecule has 32 heavy (non-hydrogen) atoms. The van der Waals surface area contributed by atoms with E-state index in [9.17, 15) is 0 Å². The molecule has 0 amide bonds. The van der Waals surface area contributed by atoms with E-state index in [4.69, 9.17) is 15.5 Å². The van der Waals surface area contributed by atoms with Crippen LogP contribution in [0, 0.1) is 0 Å². The Bertz CT molecular complexity index is 1240. The van der Waals surface area contributed by atoms with Crippen LogP contribution >= 0.6 is 0 Å². The number of methoxy groups -OCH3 is 1. The number of hydrogen-bond donors (Lipinski definition) is 1. The Labute approximate surface area is 187 Å². The fourth-order valence-corrected chi connectivity index (χ4v) is 4.51. The fourth-order valence-electron chi connectivity index (χ4n) is 4.51. The maximum absolute atomic E-state index is 6.05. The number of rotatable bonds is 5. The van der Waals surface area contributed by atoms with E-state index in [1.165, 1.54) is 12.0 Å². The van der Waals surface area contributed by atoms with Gasteiger partial charge in [-0.2, -0.15) is 0 Å². The molecule has 1 saturated heterocycles. The van der Waals surface area contributed by atoms with Crippen molar-refractivity contribution in [3.05, 3.63) is 72.3 Å². The van der Waals surface area contributed by atoms with Crippen LogP contribution in [0.15, 0.2) is 61.1 Å². The molecule has 0 aliphatic carbocycles. The second-order valence-corrected chi connectivity index (χ2v) is 8.12. The van der Waals surface area contributed by atoms with Crippen LogP contribution in [0.3, 0.4) is 0 Å². The molecule has 1 aliphatic rings. The summed E-state index contributed by atoms with van der Waals surface area (Å²) in [4.78, 5) is 20.4. The highest BCUT2D eigenvalue weighted by Crippen LogP contribution is 2.37. The lowest BCUT2D eigenvalue weighted by Gasteiger charge is -2.36. The van der Waals surface area contributed by atoms with Crippen molar-refractivity contribution in [1.29, 1.82) is 0 Å². The van der Waals surface area contributed by atoms with Gasteiger partial charge in [0.25, 0.3) is 0 Å². The number of hydrogen-bond acceptors (Lipinski definition) is 7. The predicted octanol–water partition coefficient (Wildman–Crippen LogP) is 4.40. The van der Waals surface area contributed by atoms with Crippen molar-refractivity contribution in [1.82, 2.24) is 24.8 Å². The van der Waals surface area contributed by atoms with Gasteiger partial charge in [-0.25, -0.2) is 9.97 Å². The molecule has 1 aliphatic heterocycles. The largest absolute Gasteiger partial charge is 0.497 e. The van der Waals surface area contributed by atoms with Crippen LogP contribution in [0.25, 0.3) is 22.2 Å². The average molecular weight is 427 g/mol. The van der Waals surface area contributed by atoms with Gasteiger partial charge >= 0.3 is 0 Å². The number of fused-ring (bicyclic) bond motifs is 1. The third-order valence-electron chi connectivity index (χ3n) is 6.07. The Morgan fingerprint density at radius 3 is 2.78 bits per heavy atom. The summed E-state index contributed by atoms with van der Waals surface area (Å²) in [6, 6.07) is 14.5. The molecule has 1 atom stereocenters. The SMILES string of the molecule is COc1cccc(-c2cnc(N)nc2C2CCCCN2Cc2ccc3nccnc3c2)c1. The molecular formula is C25H26N6O. The van der Waals surface area contributed by atoms with Gasteiger partial charge in [0, 0.05) is 30.7 Å². The first kappa shape index (κ1) is 20.3. The lowest BCUT2D eigenvalue weighted by Crippen LogP contribution is -2.34. The lowest BCUT2D eigenvalue weighted by molar-refractivity contribution is 0.138. The zero-order valence-electron chi connectivity index (χ0n) is 18.1. The van der Waals surface area contributed by atoms with Crippen molar-refractivity contribution in [2.75, 3.05) is 19.4 Å². The van der Waals surface area contributed by atoms with Gasteiger partial charge in [-0.1, -0.05) is 24.6 Å². The monoisotopic (exact) mass is 426 g/mol. The molecule has 2 aromatic carbocycles. The summed E-state index contributed by atoms with van der Waals surface area (Å²) in [6.45, 7) is 1.82. The average Bonchev–Trinajstić information content (AvgIpc) is 2.84. The Morgan fingerprint density at radius 1 is 1.03 bits per heavy atom. The molecule has 162 valence electrons. The van der Waals surface area contributed by atoms with E-state index in [1.54, 1.807) is 19.5 Å². The van der Waals surface area contributed by atoms with E-state index >= 15 is 0 Å². The maximum atomic E-state index is 6.05. The minimum absolute atomic E-state index is 0.160. The van der Waals surface area contributed by atoms with Crippen molar-refractivity contribution in [2.24, 2.45) is 0 Å². The first-order valence-electron chi connectivity index (χ1n) is 10.9. The number of nitrogens with two attached hydrogens (primary N) is 1. The van der Waals surface area contributed by atoms with Crippen molar-refractivity contribution in [3.8, 4) is 16.9 Å². The number of anilines is 1. The number of ether oxygens (including phenoxy) is 1. The normalized spacial score (nSPS) is 16.8. The predicted molar refractivity (Wildman–Crippen MR) is 125 cm³/mol. The van der Waals surface area contributed by atoms with Crippen LogP contribution in [0.2, 0.25) is 0 Å². The van der Waals surface area contributed by atoms with E-state index in [0.717, 1.165) is 59.5 Å². The van der Waals surface area contributed by atoms with Gasteiger partial charge in [0.1, 0.15) is 5.75 Å². The zero-order valence-corrected chi connectivity index (χ0v) is 18.1. The quantitative estimate of drug-likeness (QED) is 0.506. The Hall–Kier alpha value is -3.58. The number of nitrogens with zero attached hydrogens (tertiary/aromatic N) is 5. The molecule has 7 nitrogen and oxygen atoms in total. The van der Waals surface area contributed by atoms with Crippen molar-refractivity contribution in [2.45, 2.75) is 31.8 Å². The van der Waals surface area contributed by atoms with Crippen LogP contribution in [-0.4, -0.2) is 38.5 Å². The Kier molecular flexibility index (Phi) is 5.64. The number of benzene rings is 2. The van der Waals surface area contributed by atoms with Gasteiger partial charge in [0.05, 0.1) is 29.9 Å². The van der Waals surface area contributed by atoms with E-state index < -0.39 is 0 Å². The van der Waals surface area contributed by atoms with Gasteiger partial charge in [-0.15, -0.1) is 0 Å². The minimum atomic E-state index is 0.160. The maximum Gasteiger partial charge on any atom is 0.220 e. The third kappa shape index (κ3) is 4.11. The van der Waals surface area contributed by atoms with E-state index in [2.05, 4.69) is 38.1 Å². The minimum Gasteiger partial charge on any atom is -0.497 e. The highest BCUT2D eigenvalue weighted by Gasteiger charge is 2.28. The van der Waals surface area contributed by atoms with Crippen molar-refractivity contribution < 1.29 is 4.74 Å². The second-order valence-electron chi connectivity index (χ2n) is 8.12. The first-order valence-corrected chi connectivity index (χ1v) is 10.9. The fraction of sp³-hybridized carbons (Fsp3) is 0.280. The summed E-state index contributed by atoms with van der Waals surface area (Å²) < 4.78 is 5.43. The molecule has 0 saturated carbocycles. The second kappa shape index (κ2) is 8.88. The molecule has 0 spiro atoms. The van der Waals surface area contributed by atoms with Crippen LogP contribution in [0.5, 0.6) is 5.75 Å². The molecule has 7 heteroatoms. The van der Waals surface area contributed by atoms with Crippen LogP contribution in [0.1, 0.15) is 36.6 Å². The lowest BCUT2D eigenvalue weighted by atomic mass is 9.93. The smallest absolute Gasteiger partial charge is 0.220 e. The van der Waals surface area contributed by atoms with Gasteiger partial charge < -0.3 is 10.5 Å². The van der Waals surface area contributed by atoms with Crippen LogP contribution in [0.4, 0.5) is 5.95 Å². The number of likely N-dealkylation sites (tertiary alicyclic amines) is 1. The zero-order chi connectivity index (χ0) is 21.9. The van der Waals surface area contributed by atoms with Crippen LogP contribution in [-0.2, 0) is 6.54 Å². The van der Waals surface area contributed by atoms with E-state index in [-0.39, 0.29) is 6.04 Å². The number of aromatic nitrogens is 4. The van der Waals surface area contributed by atoms with Gasteiger partial charge in [-0.05, 0) is 54.8 Å². The summed E-state index contributed by atoms with van der Waals surface area (Å²) in [7, 11) is 1.68. The van der Waals surface area contributed by atoms with Gasteiger partial charge in [0.15, 0.2) is 0 Å². The molecule has 2 N–H and O–H groups in total. The number of piperidine rings is 1. The topological polar surface area (TPSA) is 90.0 Å². The molecule has 2 aromatic heterocycles.